The highest BCUT2D eigenvalue weighted by Gasteiger charge is 2.52. The Labute approximate surface area is 249 Å². The minimum atomic E-state index is -3.32. The van der Waals surface area contributed by atoms with E-state index in [0.29, 0.717) is 23.3 Å². The molecular formula is C28H37ClFN6O5S-. The average Bonchev–Trinajstić information content (AvgIpc) is 3.27. The zero-order valence-corrected chi connectivity index (χ0v) is 26.0. The van der Waals surface area contributed by atoms with Gasteiger partial charge in [0.2, 0.25) is 5.95 Å². The van der Waals surface area contributed by atoms with Crippen LogP contribution in [0, 0.1) is 5.82 Å². The zero-order chi connectivity index (χ0) is 30.9. The smallest absolute Gasteiger partial charge is 0.223 e. The number of rotatable bonds is 9. The summed E-state index contributed by atoms with van der Waals surface area (Å²) in [5.41, 5.74) is -1.24. The number of nitrogens with one attached hydrogen (secondary N) is 2. The molecule has 0 radical (unpaired) electrons. The van der Waals surface area contributed by atoms with Gasteiger partial charge in [-0.2, -0.15) is 0 Å². The van der Waals surface area contributed by atoms with Crippen LogP contribution in [0.1, 0.15) is 72.7 Å². The van der Waals surface area contributed by atoms with E-state index in [1.165, 1.54) is 12.3 Å². The van der Waals surface area contributed by atoms with Crippen LogP contribution in [0.15, 0.2) is 18.3 Å². The second kappa shape index (κ2) is 10.6. The number of sulfone groups is 1. The summed E-state index contributed by atoms with van der Waals surface area (Å²) in [6.07, 6.45) is -0.372. The predicted molar refractivity (Wildman–Crippen MR) is 156 cm³/mol. The number of nitrogens with zero attached hydrogens (tertiary/aromatic N) is 4. The summed E-state index contributed by atoms with van der Waals surface area (Å²) in [4.78, 5) is 13.2. The number of aliphatic hydroxyl groups is 2. The molecule has 1 unspecified atom stereocenters. The first-order valence-corrected chi connectivity index (χ1v) is 16.0. The average molecular weight is 624 g/mol. The van der Waals surface area contributed by atoms with Crippen LogP contribution in [0.5, 0.6) is 0 Å². The van der Waals surface area contributed by atoms with Crippen LogP contribution < -0.4 is 15.7 Å². The van der Waals surface area contributed by atoms with Crippen molar-refractivity contribution >= 4 is 38.4 Å². The van der Waals surface area contributed by atoms with Gasteiger partial charge in [0.15, 0.2) is 15.7 Å². The molecular weight excluding hydrogens is 587 g/mol. The lowest BCUT2D eigenvalue weighted by molar-refractivity contribution is -0.469. The summed E-state index contributed by atoms with van der Waals surface area (Å²) in [6, 6.07) is 2.59. The second-order valence-electron chi connectivity index (χ2n) is 12.6. The molecule has 0 spiro atoms. The van der Waals surface area contributed by atoms with Crippen LogP contribution in [-0.2, 0) is 15.4 Å². The second-order valence-corrected chi connectivity index (χ2v) is 15.7. The van der Waals surface area contributed by atoms with Crippen molar-refractivity contribution in [1.29, 1.82) is 0 Å². The quantitative estimate of drug-likeness (QED) is 0.278. The van der Waals surface area contributed by atoms with Gasteiger partial charge >= 0.3 is 0 Å². The highest BCUT2D eigenvalue weighted by molar-refractivity contribution is 7.92. The maximum absolute atomic E-state index is 15.4. The number of hydrogen-bond acceptors (Lipinski definition) is 10. The van der Waals surface area contributed by atoms with Gasteiger partial charge in [-0.25, -0.2) is 27.8 Å². The summed E-state index contributed by atoms with van der Waals surface area (Å²) < 4.78 is 42.1. The minimum Gasteiger partial charge on any atom is -0.850 e. The Hall–Kier alpha value is -2.42. The monoisotopic (exact) mass is 623 g/mol. The number of benzene rings is 1. The van der Waals surface area contributed by atoms with Gasteiger partial charge in [-0.15, -0.1) is 0 Å². The van der Waals surface area contributed by atoms with Crippen molar-refractivity contribution in [3.05, 3.63) is 35.0 Å². The topological polar surface area (TPSA) is 165 Å². The Morgan fingerprint density at radius 2 is 1.95 bits per heavy atom. The van der Waals surface area contributed by atoms with E-state index >= 15 is 4.39 Å². The molecule has 1 aromatic carbocycles. The fraction of sp³-hybridized carbons (Fsp3) is 0.607. The van der Waals surface area contributed by atoms with Gasteiger partial charge in [-0.1, -0.05) is 17.7 Å². The molecule has 2 aliphatic rings. The van der Waals surface area contributed by atoms with Crippen LogP contribution in [0.25, 0.3) is 22.3 Å². The van der Waals surface area contributed by atoms with Gasteiger partial charge < -0.3 is 25.2 Å². The Morgan fingerprint density at radius 3 is 2.50 bits per heavy atom. The molecule has 5 atom stereocenters. The molecule has 3 aromatic rings. The molecule has 11 nitrogen and oxygen atoms in total. The van der Waals surface area contributed by atoms with E-state index in [1.54, 1.807) is 38.3 Å². The van der Waals surface area contributed by atoms with E-state index in [1.807, 2.05) is 13.8 Å². The maximum atomic E-state index is 15.4. The molecule has 3 heterocycles. The van der Waals surface area contributed by atoms with Crippen molar-refractivity contribution in [2.75, 3.05) is 5.32 Å². The van der Waals surface area contributed by atoms with Crippen molar-refractivity contribution in [3.8, 4) is 11.3 Å². The minimum absolute atomic E-state index is 0.0843. The number of hydrogen-bond donors (Lipinski definition) is 4. The molecule has 230 valence electrons. The Bertz CT molecular complexity index is 1620. The summed E-state index contributed by atoms with van der Waals surface area (Å²) >= 11 is 6.48. The third-order valence-corrected chi connectivity index (χ3v) is 11.0. The Balaban J connectivity index is 1.46. The molecule has 2 aromatic heterocycles. The van der Waals surface area contributed by atoms with Gasteiger partial charge in [-0.3, -0.25) is 5.32 Å². The first kappa shape index (κ1) is 31.0. The predicted octanol–water partition coefficient (Wildman–Crippen LogP) is 2.64. The lowest BCUT2D eigenvalue weighted by atomic mass is 9.67. The lowest BCUT2D eigenvalue weighted by Gasteiger charge is -2.58. The normalized spacial score (nSPS) is 26.5. The molecule has 2 fully saturated rings. The summed E-state index contributed by atoms with van der Waals surface area (Å²) in [7, 11) is -3.32. The van der Waals surface area contributed by atoms with Crippen molar-refractivity contribution < 1.29 is 28.1 Å². The molecule has 1 saturated heterocycles. The first-order valence-electron chi connectivity index (χ1n) is 14.0. The van der Waals surface area contributed by atoms with Gasteiger partial charge in [0.05, 0.1) is 39.3 Å². The molecule has 4 N–H and O–H groups in total. The summed E-state index contributed by atoms with van der Waals surface area (Å²) in [5, 5.41) is 38.8. The molecule has 1 aliphatic heterocycles. The zero-order valence-electron chi connectivity index (χ0n) is 24.4. The molecule has 14 heteroatoms. The van der Waals surface area contributed by atoms with Crippen LogP contribution >= 0.6 is 11.6 Å². The van der Waals surface area contributed by atoms with Crippen molar-refractivity contribution in [2.45, 2.75) is 107 Å². The van der Waals surface area contributed by atoms with E-state index in [9.17, 15) is 23.7 Å². The molecule has 1 aliphatic carbocycles. The number of fused-ring (bicyclic) bond motifs is 1. The Kier molecular flexibility index (Phi) is 7.85. The largest absolute Gasteiger partial charge is 0.850 e. The number of aliphatic hydroxyl groups excluding tert-OH is 1. The third-order valence-electron chi connectivity index (χ3n) is 8.26. The number of anilines is 1. The Morgan fingerprint density at radius 1 is 1.29 bits per heavy atom. The van der Waals surface area contributed by atoms with Crippen molar-refractivity contribution in [2.24, 2.45) is 0 Å². The van der Waals surface area contributed by atoms with Crippen LogP contribution in [0.3, 0.4) is 0 Å². The van der Waals surface area contributed by atoms with Crippen LogP contribution in [-0.4, -0.2) is 72.6 Å². The highest BCUT2D eigenvalue weighted by Crippen LogP contribution is 2.41. The number of halogens is 2. The van der Waals surface area contributed by atoms with E-state index in [4.69, 9.17) is 11.6 Å². The van der Waals surface area contributed by atoms with E-state index < -0.39 is 49.6 Å². The van der Waals surface area contributed by atoms with Crippen molar-refractivity contribution in [1.82, 2.24) is 24.8 Å². The standard InChI is InChI=1S/C28H37ClFN6O5S/c1-13(2)36-19-8-15(7-18(30)23(19)33-25(36)27(5,6)39)22-17(29)12-31-26(34-22)35-28(11-20(37)24(28)38)10-16-9-21(32-16)42(40,41)14(3)4/h7-8,12-14,16,20-21,24,32,38-39H,9-11H2,1-6H3,(H,31,34,35)/q-1/t16-,20-,21?,24-,28-/m1/s1. The van der Waals surface area contributed by atoms with E-state index in [-0.39, 0.29) is 47.1 Å². The van der Waals surface area contributed by atoms with E-state index in [0.717, 1.165) is 0 Å². The van der Waals surface area contributed by atoms with E-state index in [2.05, 4.69) is 25.6 Å². The van der Waals surface area contributed by atoms with Crippen LogP contribution in [0.2, 0.25) is 5.02 Å². The maximum Gasteiger partial charge on any atom is 0.223 e. The number of imidazole rings is 1. The fourth-order valence-corrected chi connectivity index (χ4v) is 7.64. The van der Waals surface area contributed by atoms with Gasteiger partial charge in [0.1, 0.15) is 22.3 Å². The highest BCUT2D eigenvalue weighted by atomic mass is 35.5. The first-order chi connectivity index (χ1) is 19.4. The summed E-state index contributed by atoms with van der Waals surface area (Å²) in [5.74, 6) is -0.208. The number of aromatic nitrogens is 4. The summed E-state index contributed by atoms with van der Waals surface area (Å²) in [6.45, 7) is 10.3. The SMILES string of the molecule is CC(C)n1c(C(C)(C)O)nc2c(F)cc(-c3nc(N[C@]4(C[C@H]5CC(S(=O)(=O)C(C)C)N5)C[C@@H]([O-])[C@H]4O)ncc3Cl)cc21. The van der Waals surface area contributed by atoms with Gasteiger partial charge in [0, 0.05) is 17.6 Å². The molecule has 1 saturated carbocycles. The van der Waals surface area contributed by atoms with Gasteiger partial charge in [0.25, 0.3) is 0 Å². The molecule has 0 bridgehead atoms. The molecule has 0 amide bonds. The van der Waals surface area contributed by atoms with Crippen molar-refractivity contribution in [3.63, 3.8) is 0 Å². The molecule has 5 rings (SSSR count). The lowest BCUT2D eigenvalue weighted by Crippen LogP contribution is -2.73. The fourth-order valence-electron chi connectivity index (χ4n) is 5.90. The van der Waals surface area contributed by atoms with Gasteiger partial charge in [-0.05, 0) is 72.9 Å². The molecule has 42 heavy (non-hydrogen) atoms. The van der Waals surface area contributed by atoms with Crippen LogP contribution in [0.4, 0.5) is 10.3 Å². The third kappa shape index (κ3) is 5.28.